The number of hydrogen-bond donors (Lipinski definition) is 1. The Bertz CT molecular complexity index is 365. The third kappa shape index (κ3) is 2.77. The summed E-state index contributed by atoms with van der Waals surface area (Å²) >= 11 is 6.20. The number of hydrogen-bond acceptors (Lipinski definition) is 4. The highest BCUT2D eigenvalue weighted by molar-refractivity contribution is 6.29. The molecule has 0 radical (unpaired) electrons. The minimum atomic E-state index is 0. The lowest BCUT2D eigenvalue weighted by Gasteiger charge is -2.39. The largest absolute Gasteiger partial charge is 0.489 e. The van der Waals surface area contributed by atoms with E-state index in [4.69, 9.17) is 21.1 Å². The fourth-order valence-electron chi connectivity index (χ4n) is 2.59. The van der Waals surface area contributed by atoms with Crippen LogP contribution < -0.4 is 5.32 Å². The molecule has 18 heavy (non-hydrogen) atoms. The molecular formula is C12H18Cl2N2O2. The van der Waals surface area contributed by atoms with Crippen LogP contribution in [0.4, 0.5) is 0 Å². The second kappa shape index (κ2) is 6.15. The zero-order valence-electron chi connectivity index (χ0n) is 10.2. The second-order valence-electron chi connectivity index (χ2n) is 4.52. The molecule has 0 spiro atoms. The monoisotopic (exact) mass is 292 g/mol. The van der Waals surface area contributed by atoms with E-state index in [1.165, 1.54) is 0 Å². The molecule has 1 N–H and O–H groups in total. The Morgan fingerprint density at radius 1 is 1.22 bits per heavy atom. The van der Waals surface area contributed by atoms with E-state index >= 15 is 0 Å². The quantitative estimate of drug-likeness (QED) is 0.794. The van der Waals surface area contributed by atoms with Crippen molar-refractivity contribution in [3.8, 4) is 0 Å². The van der Waals surface area contributed by atoms with E-state index in [9.17, 15) is 0 Å². The van der Waals surface area contributed by atoms with Gasteiger partial charge in [-0.3, -0.25) is 4.90 Å². The first-order chi connectivity index (χ1) is 8.34. The molecule has 3 rings (SSSR count). The van der Waals surface area contributed by atoms with Gasteiger partial charge in [-0.05, 0) is 6.08 Å². The Morgan fingerprint density at radius 2 is 1.94 bits per heavy atom. The highest BCUT2D eigenvalue weighted by Crippen LogP contribution is 2.33. The van der Waals surface area contributed by atoms with Crippen molar-refractivity contribution >= 4 is 24.0 Å². The van der Waals surface area contributed by atoms with E-state index < -0.39 is 0 Å². The van der Waals surface area contributed by atoms with Gasteiger partial charge in [0.05, 0.1) is 6.04 Å². The SMILES string of the molecule is Cl.ClC1=CC2=C(OCCO2)C(N2CCNCC2)C1. The van der Waals surface area contributed by atoms with E-state index in [0.29, 0.717) is 13.2 Å². The standard InChI is InChI=1S/C12H17ClN2O2.ClH/c13-9-7-10(15-3-1-14-2-4-15)12-11(8-9)16-5-6-17-12;/h8,10,14H,1-7H2;1H. The van der Waals surface area contributed by atoms with Gasteiger partial charge in [0.2, 0.25) is 0 Å². The summed E-state index contributed by atoms with van der Waals surface area (Å²) in [5, 5.41) is 4.22. The maximum Gasteiger partial charge on any atom is 0.159 e. The fourth-order valence-corrected chi connectivity index (χ4v) is 2.83. The van der Waals surface area contributed by atoms with Crippen LogP contribution >= 0.6 is 24.0 Å². The summed E-state index contributed by atoms with van der Waals surface area (Å²) in [5.74, 6) is 1.80. The zero-order chi connectivity index (χ0) is 11.7. The Balaban J connectivity index is 0.00000120. The highest BCUT2D eigenvalue weighted by Gasteiger charge is 2.33. The van der Waals surface area contributed by atoms with Crippen molar-refractivity contribution in [1.82, 2.24) is 10.2 Å². The van der Waals surface area contributed by atoms with Crippen molar-refractivity contribution in [2.45, 2.75) is 12.5 Å². The van der Waals surface area contributed by atoms with Crippen LogP contribution in [0.25, 0.3) is 0 Å². The summed E-state index contributed by atoms with van der Waals surface area (Å²) in [6.45, 7) is 5.40. The van der Waals surface area contributed by atoms with Gasteiger partial charge in [-0.15, -0.1) is 12.4 Å². The zero-order valence-corrected chi connectivity index (χ0v) is 11.7. The summed E-state index contributed by atoms with van der Waals surface area (Å²) in [7, 11) is 0. The molecule has 1 fully saturated rings. The van der Waals surface area contributed by atoms with Gasteiger partial charge in [-0.2, -0.15) is 0 Å². The summed E-state index contributed by atoms with van der Waals surface area (Å²) in [5.41, 5.74) is 0. The molecule has 3 aliphatic rings. The van der Waals surface area contributed by atoms with Gasteiger partial charge in [0.25, 0.3) is 0 Å². The lowest BCUT2D eigenvalue weighted by Crippen LogP contribution is -2.50. The molecular weight excluding hydrogens is 275 g/mol. The van der Waals surface area contributed by atoms with Gasteiger partial charge in [0.1, 0.15) is 13.2 Å². The topological polar surface area (TPSA) is 33.7 Å². The Hall–Kier alpha value is -0.420. The van der Waals surface area contributed by atoms with E-state index in [1.54, 1.807) is 0 Å². The Kier molecular flexibility index (Phi) is 4.78. The average molecular weight is 293 g/mol. The first-order valence-corrected chi connectivity index (χ1v) is 6.53. The Labute approximate surface area is 118 Å². The van der Waals surface area contributed by atoms with Crippen LogP contribution in [-0.4, -0.2) is 50.3 Å². The molecule has 0 aromatic carbocycles. The predicted octanol–water partition coefficient (Wildman–Crippen LogP) is 1.47. The number of piperazine rings is 1. The van der Waals surface area contributed by atoms with Gasteiger partial charge in [0, 0.05) is 37.6 Å². The van der Waals surface area contributed by atoms with Crippen LogP contribution in [0.3, 0.4) is 0 Å². The summed E-state index contributed by atoms with van der Waals surface area (Å²) in [4.78, 5) is 2.43. The van der Waals surface area contributed by atoms with Crippen molar-refractivity contribution in [1.29, 1.82) is 0 Å². The van der Waals surface area contributed by atoms with Gasteiger partial charge >= 0.3 is 0 Å². The van der Waals surface area contributed by atoms with E-state index in [1.807, 2.05) is 6.08 Å². The summed E-state index contributed by atoms with van der Waals surface area (Å²) < 4.78 is 11.4. The second-order valence-corrected chi connectivity index (χ2v) is 5.01. The van der Waals surface area contributed by atoms with Crippen molar-refractivity contribution in [3.63, 3.8) is 0 Å². The van der Waals surface area contributed by atoms with Crippen LogP contribution in [0.5, 0.6) is 0 Å². The van der Waals surface area contributed by atoms with Crippen LogP contribution in [-0.2, 0) is 9.47 Å². The lowest BCUT2D eigenvalue weighted by molar-refractivity contribution is 0.0310. The fraction of sp³-hybridized carbons (Fsp3) is 0.667. The van der Waals surface area contributed by atoms with Crippen molar-refractivity contribution < 1.29 is 9.47 Å². The lowest BCUT2D eigenvalue weighted by atomic mass is 10.0. The molecule has 1 saturated heterocycles. The highest BCUT2D eigenvalue weighted by atomic mass is 35.5. The minimum absolute atomic E-state index is 0. The molecule has 0 amide bonds. The predicted molar refractivity (Wildman–Crippen MR) is 73.0 cm³/mol. The Morgan fingerprint density at radius 3 is 2.72 bits per heavy atom. The molecule has 2 aliphatic heterocycles. The summed E-state index contributed by atoms with van der Waals surface area (Å²) in [6, 6.07) is 0.255. The van der Waals surface area contributed by atoms with E-state index in [2.05, 4.69) is 10.2 Å². The van der Waals surface area contributed by atoms with Gasteiger partial charge in [-0.25, -0.2) is 0 Å². The van der Waals surface area contributed by atoms with Crippen LogP contribution in [0.15, 0.2) is 22.6 Å². The van der Waals surface area contributed by atoms with E-state index in [-0.39, 0.29) is 18.4 Å². The van der Waals surface area contributed by atoms with Crippen molar-refractivity contribution in [2.75, 3.05) is 39.4 Å². The third-order valence-corrected chi connectivity index (χ3v) is 3.68. The molecule has 0 bridgehead atoms. The van der Waals surface area contributed by atoms with Gasteiger partial charge in [0.15, 0.2) is 11.5 Å². The number of rotatable bonds is 1. The smallest absolute Gasteiger partial charge is 0.159 e. The molecule has 1 unspecified atom stereocenters. The third-order valence-electron chi connectivity index (χ3n) is 3.41. The van der Waals surface area contributed by atoms with Gasteiger partial charge in [-0.1, -0.05) is 11.6 Å². The van der Waals surface area contributed by atoms with E-state index in [0.717, 1.165) is 49.2 Å². The normalized spacial score (nSPS) is 28.5. The molecule has 1 aliphatic carbocycles. The number of nitrogens with one attached hydrogen (secondary N) is 1. The maximum absolute atomic E-state index is 6.20. The molecule has 1 atom stereocenters. The molecule has 0 saturated carbocycles. The van der Waals surface area contributed by atoms with Crippen molar-refractivity contribution in [3.05, 3.63) is 22.6 Å². The molecule has 0 aromatic heterocycles. The molecule has 2 heterocycles. The molecule has 0 aromatic rings. The first-order valence-electron chi connectivity index (χ1n) is 6.15. The molecule has 4 nitrogen and oxygen atoms in total. The first kappa shape index (κ1) is 14.0. The van der Waals surface area contributed by atoms with Crippen LogP contribution in [0.2, 0.25) is 0 Å². The minimum Gasteiger partial charge on any atom is -0.489 e. The van der Waals surface area contributed by atoms with Gasteiger partial charge < -0.3 is 14.8 Å². The number of halogens is 2. The molecule has 6 heteroatoms. The number of ether oxygens (including phenoxy) is 2. The molecule has 102 valence electrons. The van der Waals surface area contributed by atoms with Crippen molar-refractivity contribution in [2.24, 2.45) is 0 Å². The van der Waals surface area contributed by atoms with Crippen LogP contribution in [0.1, 0.15) is 6.42 Å². The number of allylic oxidation sites excluding steroid dienone is 1. The average Bonchev–Trinajstić information content (AvgIpc) is 2.39. The summed E-state index contributed by atoms with van der Waals surface area (Å²) in [6.07, 6.45) is 2.73. The number of nitrogens with zero attached hydrogens (tertiary/aromatic N) is 1. The maximum atomic E-state index is 6.20. The van der Waals surface area contributed by atoms with Crippen LogP contribution in [0, 0.1) is 0 Å².